The lowest BCUT2D eigenvalue weighted by atomic mass is 10.1. The molecule has 1 aliphatic rings. The van der Waals surface area contributed by atoms with Gasteiger partial charge in [-0.1, -0.05) is 36.4 Å². The van der Waals surface area contributed by atoms with Crippen molar-refractivity contribution >= 4 is 10.8 Å². The third-order valence-electron chi connectivity index (χ3n) is 4.27. The summed E-state index contributed by atoms with van der Waals surface area (Å²) in [6.45, 7) is 3.54. The minimum atomic E-state index is -0.392. The Kier molecular flexibility index (Phi) is 4.73. The van der Waals surface area contributed by atoms with E-state index >= 15 is 0 Å². The molecule has 0 radical (unpaired) electrons. The summed E-state index contributed by atoms with van der Waals surface area (Å²) in [4.78, 5) is 1.51. The molecule has 2 aromatic rings. The summed E-state index contributed by atoms with van der Waals surface area (Å²) in [6.07, 6.45) is 3.52. The first-order valence-corrected chi connectivity index (χ1v) is 7.95. The van der Waals surface area contributed by atoms with Gasteiger partial charge in [0.05, 0.1) is 13.1 Å². The molecule has 2 N–H and O–H groups in total. The molecule has 21 heavy (non-hydrogen) atoms. The maximum Gasteiger partial charge on any atom is 0.137 e. The van der Waals surface area contributed by atoms with Crippen LogP contribution in [-0.4, -0.2) is 37.5 Å². The van der Waals surface area contributed by atoms with Crippen molar-refractivity contribution in [2.75, 3.05) is 26.2 Å². The molecule has 1 saturated heterocycles. The summed E-state index contributed by atoms with van der Waals surface area (Å²) in [5, 5.41) is 12.5. The van der Waals surface area contributed by atoms with Crippen LogP contribution in [0.4, 0.5) is 0 Å². The van der Waals surface area contributed by atoms with Gasteiger partial charge in [-0.2, -0.15) is 0 Å². The average Bonchev–Trinajstić information content (AvgIpc) is 2.54. The molecule has 112 valence electrons. The van der Waals surface area contributed by atoms with E-state index in [-0.39, 0.29) is 0 Å². The molecule has 3 rings (SSSR count). The van der Waals surface area contributed by atoms with Crippen LogP contribution in [0, 0.1) is 0 Å². The van der Waals surface area contributed by atoms with Crippen molar-refractivity contribution in [3.05, 3.63) is 42.5 Å². The number of hydrogen-bond acceptors (Lipinski definition) is 2. The number of ether oxygens (including phenoxy) is 1. The Balaban J connectivity index is 1.58. The first kappa shape index (κ1) is 14.4. The van der Waals surface area contributed by atoms with Crippen LogP contribution in [0.3, 0.4) is 0 Å². The van der Waals surface area contributed by atoms with Crippen molar-refractivity contribution in [1.82, 2.24) is 0 Å². The zero-order chi connectivity index (χ0) is 14.5. The minimum Gasteiger partial charge on any atom is -0.490 e. The summed E-state index contributed by atoms with van der Waals surface area (Å²) in [5.41, 5.74) is 0. The summed E-state index contributed by atoms with van der Waals surface area (Å²) < 4.78 is 5.86. The molecule has 1 unspecified atom stereocenters. The van der Waals surface area contributed by atoms with Gasteiger partial charge in [0, 0.05) is 5.39 Å². The van der Waals surface area contributed by atoms with E-state index in [9.17, 15) is 5.11 Å². The van der Waals surface area contributed by atoms with Crippen LogP contribution in [-0.2, 0) is 0 Å². The fourth-order valence-corrected chi connectivity index (χ4v) is 3.16. The number of hydrogen-bond donors (Lipinski definition) is 2. The van der Waals surface area contributed by atoms with Gasteiger partial charge in [0.2, 0.25) is 0 Å². The Hall–Kier alpha value is -1.58. The molecule has 3 nitrogen and oxygen atoms in total. The van der Waals surface area contributed by atoms with E-state index < -0.39 is 6.10 Å². The van der Waals surface area contributed by atoms with E-state index in [1.807, 2.05) is 24.3 Å². The number of fused-ring (bicyclic) bond motifs is 1. The Morgan fingerprint density at radius 2 is 1.76 bits per heavy atom. The SMILES string of the molecule is OC(COc1cccc2ccccc12)C[NH+]1CCCCC1. The van der Waals surface area contributed by atoms with Crippen molar-refractivity contribution in [1.29, 1.82) is 0 Å². The predicted molar refractivity (Wildman–Crippen MR) is 84.9 cm³/mol. The Labute approximate surface area is 126 Å². The topological polar surface area (TPSA) is 33.9 Å². The van der Waals surface area contributed by atoms with Gasteiger partial charge in [0.1, 0.15) is 25.0 Å². The third-order valence-corrected chi connectivity index (χ3v) is 4.27. The van der Waals surface area contributed by atoms with Crippen LogP contribution in [0.25, 0.3) is 10.8 Å². The highest BCUT2D eigenvalue weighted by atomic mass is 16.5. The second kappa shape index (κ2) is 6.92. The van der Waals surface area contributed by atoms with Crippen molar-refractivity contribution < 1.29 is 14.7 Å². The van der Waals surface area contributed by atoms with E-state index in [0.717, 1.165) is 17.7 Å². The quantitative estimate of drug-likeness (QED) is 0.876. The summed E-state index contributed by atoms with van der Waals surface area (Å²) in [7, 11) is 0. The third kappa shape index (κ3) is 3.74. The van der Waals surface area contributed by atoms with Gasteiger partial charge in [0.15, 0.2) is 0 Å². The summed E-state index contributed by atoms with van der Waals surface area (Å²) in [5.74, 6) is 0.862. The lowest BCUT2D eigenvalue weighted by Gasteiger charge is -2.25. The van der Waals surface area contributed by atoms with E-state index in [2.05, 4.69) is 18.2 Å². The first-order valence-electron chi connectivity index (χ1n) is 7.95. The molecule has 0 saturated carbocycles. The van der Waals surface area contributed by atoms with Gasteiger partial charge in [-0.15, -0.1) is 0 Å². The first-order chi connectivity index (χ1) is 10.3. The minimum absolute atomic E-state index is 0.373. The predicted octanol–water partition coefficient (Wildman–Crippen LogP) is 1.65. The summed E-state index contributed by atoms with van der Waals surface area (Å²) in [6, 6.07) is 14.2. The molecular weight excluding hydrogens is 262 g/mol. The van der Waals surface area contributed by atoms with Gasteiger partial charge in [-0.25, -0.2) is 0 Å². The molecule has 0 bridgehead atoms. The number of benzene rings is 2. The molecule has 2 aromatic carbocycles. The molecule has 0 aliphatic carbocycles. The second-order valence-corrected chi connectivity index (χ2v) is 5.96. The maximum absolute atomic E-state index is 10.2. The van der Waals surface area contributed by atoms with Crippen LogP contribution in [0.15, 0.2) is 42.5 Å². The average molecular weight is 286 g/mol. The second-order valence-electron chi connectivity index (χ2n) is 5.96. The molecule has 1 fully saturated rings. The van der Waals surface area contributed by atoms with Crippen LogP contribution in [0.2, 0.25) is 0 Å². The zero-order valence-electron chi connectivity index (χ0n) is 12.4. The number of piperidine rings is 1. The number of aliphatic hydroxyl groups is 1. The van der Waals surface area contributed by atoms with Crippen LogP contribution < -0.4 is 9.64 Å². The van der Waals surface area contributed by atoms with E-state index in [1.54, 1.807) is 0 Å². The molecule has 0 spiro atoms. The Morgan fingerprint density at radius 3 is 2.62 bits per heavy atom. The lowest BCUT2D eigenvalue weighted by Crippen LogP contribution is -3.14. The molecule has 1 heterocycles. The van der Waals surface area contributed by atoms with Gasteiger partial charge in [-0.3, -0.25) is 0 Å². The zero-order valence-corrected chi connectivity index (χ0v) is 12.4. The number of likely N-dealkylation sites (tertiary alicyclic amines) is 1. The van der Waals surface area contributed by atoms with E-state index in [1.165, 1.54) is 42.6 Å². The maximum atomic E-state index is 10.2. The Bertz CT molecular complexity index is 573. The highest BCUT2D eigenvalue weighted by Gasteiger charge is 2.18. The number of quaternary nitrogens is 1. The highest BCUT2D eigenvalue weighted by Crippen LogP contribution is 2.25. The summed E-state index contributed by atoms with van der Waals surface area (Å²) >= 11 is 0. The standard InChI is InChI=1S/C18H23NO2/c20-16(13-19-11-4-1-5-12-19)14-21-18-10-6-8-15-7-2-3-9-17(15)18/h2-3,6-10,16,20H,1,4-5,11-14H2/p+1. The van der Waals surface area contributed by atoms with Gasteiger partial charge < -0.3 is 14.7 Å². The van der Waals surface area contributed by atoms with Crippen molar-refractivity contribution in [3.63, 3.8) is 0 Å². The molecule has 3 heteroatoms. The van der Waals surface area contributed by atoms with Gasteiger partial charge in [0.25, 0.3) is 0 Å². The number of rotatable bonds is 5. The Morgan fingerprint density at radius 1 is 1.00 bits per heavy atom. The van der Waals surface area contributed by atoms with E-state index in [4.69, 9.17) is 4.74 Å². The van der Waals surface area contributed by atoms with Gasteiger partial charge >= 0.3 is 0 Å². The number of nitrogens with one attached hydrogen (secondary N) is 1. The largest absolute Gasteiger partial charge is 0.490 e. The molecular formula is C18H24NO2+. The molecule has 0 amide bonds. The van der Waals surface area contributed by atoms with Crippen molar-refractivity contribution in [3.8, 4) is 5.75 Å². The fraction of sp³-hybridized carbons (Fsp3) is 0.444. The fourth-order valence-electron chi connectivity index (χ4n) is 3.16. The molecule has 1 atom stereocenters. The molecule has 0 aromatic heterocycles. The monoisotopic (exact) mass is 286 g/mol. The van der Waals surface area contributed by atoms with Crippen LogP contribution in [0.1, 0.15) is 19.3 Å². The van der Waals surface area contributed by atoms with Crippen LogP contribution in [0.5, 0.6) is 5.75 Å². The van der Waals surface area contributed by atoms with Crippen molar-refractivity contribution in [2.24, 2.45) is 0 Å². The molecule has 1 aliphatic heterocycles. The highest BCUT2D eigenvalue weighted by molar-refractivity contribution is 5.88. The van der Waals surface area contributed by atoms with Crippen molar-refractivity contribution in [2.45, 2.75) is 25.4 Å². The van der Waals surface area contributed by atoms with E-state index in [0.29, 0.717) is 6.61 Å². The smallest absolute Gasteiger partial charge is 0.137 e. The number of aliphatic hydroxyl groups excluding tert-OH is 1. The lowest BCUT2D eigenvalue weighted by molar-refractivity contribution is -0.908. The van der Waals surface area contributed by atoms with Crippen LogP contribution >= 0.6 is 0 Å². The normalized spacial score (nSPS) is 17.8. The van der Waals surface area contributed by atoms with Gasteiger partial charge in [-0.05, 0) is 30.7 Å².